The molecule has 0 aromatic heterocycles. The fraction of sp³-hybridized carbons (Fsp3) is 0. The number of rotatable bonds is 1. The van der Waals surface area contributed by atoms with E-state index in [-0.39, 0.29) is 67.9 Å². The first-order valence-electron chi connectivity index (χ1n) is 3.00. The van der Waals surface area contributed by atoms with Gasteiger partial charge in [0.2, 0.25) is 0 Å². The van der Waals surface area contributed by atoms with E-state index in [4.69, 9.17) is 20.4 Å². The molecule has 5 nitrogen and oxygen atoms in total. The van der Waals surface area contributed by atoms with Gasteiger partial charge in [-0.05, 0) is 12.1 Å². The minimum Gasteiger partial charge on any atom is -0.504 e. The van der Waals surface area contributed by atoms with E-state index in [0.717, 1.165) is 12.1 Å². The number of aromatic hydroxyl groups is 3. The third-order valence-corrected chi connectivity index (χ3v) is 1.32. The Morgan fingerprint density at radius 2 is 1.43 bits per heavy atom. The molecule has 0 bridgehead atoms. The predicted molar refractivity (Wildman–Crippen MR) is 38.4 cm³/mol. The molecule has 0 fully saturated rings. The van der Waals surface area contributed by atoms with E-state index >= 15 is 0 Å². The normalized spacial score (nSPS) is 8.29. The van der Waals surface area contributed by atoms with Gasteiger partial charge in [0.05, 0.1) is 5.56 Å². The predicted octanol–water partition coefficient (Wildman–Crippen LogP) is 0.499. The van der Waals surface area contributed by atoms with Gasteiger partial charge in [0, 0.05) is 62.3 Å². The van der Waals surface area contributed by atoms with Crippen molar-refractivity contribution in [1.82, 2.24) is 0 Å². The number of phenols is 3. The third kappa shape index (κ3) is 3.72. The number of carboxylic acid groups (broad SMARTS) is 1. The van der Waals surface area contributed by atoms with Crippen LogP contribution in [0.3, 0.4) is 0 Å². The zero-order valence-corrected chi connectivity index (χ0v) is 10.3. The van der Waals surface area contributed by atoms with Crippen molar-refractivity contribution in [1.29, 1.82) is 0 Å². The summed E-state index contributed by atoms with van der Waals surface area (Å²) in [6.07, 6.45) is 0. The average molecular weight is 435 g/mol. The number of carboxylic acids is 1. The molecule has 0 aliphatic heterocycles. The fourth-order valence-corrected chi connectivity index (χ4v) is 0.728. The Morgan fingerprint density at radius 3 is 1.71 bits per heavy atom. The Hall–Kier alpha value is 0.155. The van der Waals surface area contributed by atoms with Crippen LogP contribution in [-0.2, 0) is 22.4 Å². The van der Waals surface area contributed by atoms with Crippen LogP contribution in [0.1, 0.15) is 10.4 Å². The van der Waals surface area contributed by atoms with Gasteiger partial charge >= 0.3 is 5.97 Å². The smallest absolute Gasteiger partial charge is 0.335 e. The van der Waals surface area contributed by atoms with Crippen molar-refractivity contribution in [2.24, 2.45) is 0 Å². The van der Waals surface area contributed by atoms with Crippen LogP contribution in [0.25, 0.3) is 0 Å². The van der Waals surface area contributed by atoms with Crippen molar-refractivity contribution in [2.75, 3.05) is 0 Å². The van der Waals surface area contributed by atoms with Crippen molar-refractivity contribution < 1.29 is 87.5 Å². The molecule has 1 aromatic carbocycles. The summed E-state index contributed by atoms with van der Waals surface area (Å²) in [6, 6.07) is 1.69. The molecule has 0 atom stereocenters. The molecule has 4 N–H and O–H groups in total. The van der Waals surface area contributed by atoms with Gasteiger partial charge in [-0.3, -0.25) is 0 Å². The van der Waals surface area contributed by atoms with E-state index in [1.165, 1.54) is 0 Å². The Bertz CT molecular complexity index is 318. The van der Waals surface area contributed by atoms with Gasteiger partial charge in [-0.1, -0.05) is 0 Å². The quantitative estimate of drug-likeness (QED) is 0.381. The minimum atomic E-state index is -1.29. The van der Waals surface area contributed by atoms with Gasteiger partial charge in [0.1, 0.15) is 0 Å². The second-order valence-electron chi connectivity index (χ2n) is 2.17. The Morgan fingerprint density at radius 1 is 1.07 bits per heavy atom. The Labute approximate surface area is 127 Å². The molecule has 0 aliphatic carbocycles. The van der Waals surface area contributed by atoms with Crippen LogP contribution in [0, 0.1) is 39.9 Å². The summed E-state index contributed by atoms with van der Waals surface area (Å²) in [5.74, 6) is -3.33. The molecule has 0 heterocycles. The molecule has 0 saturated carbocycles. The zero-order valence-electron chi connectivity index (χ0n) is 6.51. The summed E-state index contributed by atoms with van der Waals surface area (Å²) in [4.78, 5) is 10.3. The minimum absolute atomic E-state index is 0. The number of carbonyl (C=O) groups is 1. The molecule has 1 radical (unpaired) electrons. The topological polar surface area (TPSA) is 98.0 Å². The van der Waals surface area contributed by atoms with E-state index in [1.807, 2.05) is 0 Å². The molecule has 0 spiro atoms. The van der Waals surface area contributed by atoms with Gasteiger partial charge in [0.15, 0.2) is 17.2 Å². The first-order chi connectivity index (χ1) is 5.52. The van der Waals surface area contributed by atoms with Crippen molar-refractivity contribution in [3.63, 3.8) is 0 Å². The molecule has 0 aliphatic rings. The maximum absolute atomic E-state index is 10.3. The van der Waals surface area contributed by atoms with Crippen LogP contribution in [-0.4, -0.2) is 26.4 Å². The van der Waals surface area contributed by atoms with E-state index < -0.39 is 23.2 Å². The average Bonchev–Trinajstić information content (AvgIpc) is 1.99. The van der Waals surface area contributed by atoms with Gasteiger partial charge < -0.3 is 20.4 Å². The number of hydrogen-bond acceptors (Lipinski definition) is 4. The molecule has 0 unspecified atom stereocenters. The van der Waals surface area contributed by atoms with Gasteiger partial charge in [-0.2, -0.15) is 0 Å². The van der Waals surface area contributed by atoms with Crippen LogP contribution >= 0.6 is 0 Å². The second-order valence-corrected chi connectivity index (χ2v) is 2.17. The first kappa shape index (κ1) is 16.6. The molecule has 83 valence electrons. The number of hydrogen-bond donors (Lipinski definition) is 4. The Balaban J connectivity index is 0. The molecule has 1 rings (SSSR count). The van der Waals surface area contributed by atoms with Crippen LogP contribution in [0.2, 0.25) is 0 Å². The molecule has 1 aromatic rings. The first-order valence-corrected chi connectivity index (χ1v) is 3.00. The van der Waals surface area contributed by atoms with E-state index in [0.29, 0.717) is 0 Å². The maximum Gasteiger partial charge on any atom is 0.335 e. The summed E-state index contributed by atoms with van der Waals surface area (Å²) < 4.78 is 0. The van der Waals surface area contributed by atoms with Crippen molar-refractivity contribution in [3.05, 3.63) is 17.7 Å². The summed E-state index contributed by atoms with van der Waals surface area (Å²) in [7, 11) is 0. The van der Waals surface area contributed by atoms with Crippen LogP contribution < -0.4 is 0 Å². The zero-order chi connectivity index (χ0) is 9.30. The van der Waals surface area contributed by atoms with Crippen molar-refractivity contribution >= 4 is 5.97 Å². The monoisotopic (exact) mass is 435 g/mol. The number of aromatic carboxylic acids is 1. The largest absolute Gasteiger partial charge is 0.504 e. The molecule has 14 heavy (non-hydrogen) atoms. The number of phenolic OH excluding ortho intramolecular Hbond substituents is 3. The SMILES string of the molecule is O=C(O)c1cc(O)c(O)c(O)c1.[Ag].[Gd]. The van der Waals surface area contributed by atoms with E-state index in [2.05, 4.69) is 0 Å². The van der Waals surface area contributed by atoms with Crippen LogP contribution in [0.4, 0.5) is 0 Å². The van der Waals surface area contributed by atoms with Crippen LogP contribution in [0.5, 0.6) is 17.2 Å². The summed E-state index contributed by atoms with van der Waals surface area (Å²) >= 11 is 0. The summed E-state index contributed by atoms with van der Waals surface area (Å²) in [5, 5.41) is 35.0. The van der Waals surface area contributed by atoms with Crippen LogP contribution in [0.15, 0.2) is 12.1 Å². The standard InChI is InChI=1S/C7H6O5.Ag.Gd/c8-4-1-3(7(11)12)2-5(9)6(4)10;;/h1-2,8-10H,(H,11,12);;. The maximum atomic E-state index is 10.3. The van der Waals surface area contributed by atoms with Crippen molar-refractivity contribution in [2.45, 2.75) is 0 Å². The van der Waals surface area contributed by atoms with Gasteiger partial charge in [-0.15, -0.1) is 0 Å². The van der Waals surface area contributed by atoms with E-state index in [1.54, 1.807) is 0 Å². The molecule has 0 saturated heterocycles. The van der Waals surface area contributed by atoms with E-state index in [9.17, 15) is 4.79 Å². The fourth-order valence-electron chi connectivity index (χ4n) is 0.728. The molecule has 7 heteroatoms. The number of benzene rings is 1. The second kappa shape index (κ2) is 6.60. The summed E-state index contributed by atoms with van der Waals surface area (Å²) in [6.45, 7) is 0. The molecule has 0 amide bonds. The van der Waals surface area contributed by atoms with Gasteiger partial charge in [-0.25, -0.2) is 4.79 Å². The Kier molecular flexibility index (Phi) is 7.82. The summed E-state index contributed by atoms with van der Waals surface area (Å²) in [5.41, 5.74) is -0.289. The van der Waals surface area contributed by atoms with Crippen molar-refractivity contribution in [3.8, 4) is 17.2 Å². The molecular formula is C7H6AgGdO5. The molecular weight excluding hydrogens is 429 g/mol. The third-order valence-electron chi connectivity index (χ3n) is 1.32. The van der Waals surface area contributed by atoms with Gasteiger partial charge in [0.25, 0.3) is 0 Å².